The van der Waals surface area contributed by atoms with Gasteiger partial charge in [0.15, 0.2) is 0 Å². The fourth-order valence-corrected chi connectivity index (χ4v) is 1.77. The monoisotopic (exact) mass is 296 g/mol. The number of nitrogens with zero attached hydrogens (tertiary/aromatic N) is 3. The number of carbonyl (C=O) groups is 2. The summed E-state index contributed by atoms with van der Waals surface area (Å²) in [7, 11) is 0. The van der Waals surface area contributed by atoms with E-state index in [9.17, 15) is 9.59 Å². The van der Waals surface area contributed by atoms with Gasteiger partial charge in [-0.05, 0) is 39.5 Å². The summed E-state index contributed by atoms with van der Waals surface area (Å²) in [6.07, 6.45) is 4.80. The summed E-state index contributed by atoms with van der Waals surface area (Å²) in [6, 6.07) is 0. The Morgan fingerprint density at radius 2 is 2.10 bits per heavy atom. The van der Waals surface area contributed by atoms with Crippen LogP contribution >= 0.6 is 0 Å². The summed E-state index contributed by atoms with van der Waals surface area (Å²) >= 11 is 0. The van der Waals surface area contributed by atoms with E-state index in [-0.39, 0.29) is 24.4 Å². The van der Waals surface area contributed by atoms with Gasteiger partial charge in [-0.2, -0.15) is 0 Å². The lowest BCUT2D eigenvalue weighted by Crippen LogP contribution is -2.44. The first-order chi connectivity index (χ1) is 9.82. The molecule has 0 spiro atoms. The molecule has 1 amide bonds. The zero-order chi connectivity index (χ0) is 15.9. The lowest BCUT2D eigenvalue weighted by atomic mass is 10.0. The van der Waals surface area contributed by atoms with Gasteiger partial charge in [-0.25, -0.2) is 4.68 Å². The van der Waals surface area contributed by atoms with Crippen molar-refractivity contribution in [3.05, 3.63) is 11.9 Å². The standard InChI is InChI=1S/C14H24N4O3/c1-4-14(2,3)15-12(19)10-18-9-11(16-17-18)7-5-6-8-13(20)21/h9H,4-8,10H2,1-3H3,(H,15,19)(H,20,21). The van der Waals surface area contributed by atoms with E-state index < -0.39 is 5.97 Å². The van der Waals surface area contributed by atoms with Gasteiger partial charge in [-0.3, -0.25) is 9.59 Å². The van der Waals surface area contributed by atoms with Crippen LogP contribution in [0.25, 0.3) is 0 Å². The second-order valence-electron chi connectivity index (χ2n) is 5.79. The quantitative estimate of drug-likeness (QED) is 0.671. The molecule has 0 aliphatic carbocycles. The molecular weight excluding hydrogens is 272 g/mol. The molecular formula is C14H24N4O3. The van der Waals surface area contributed by atoms with Gasteiger partial charge in [0.2, 0.25) is 5.91 Å². The Kier molecular flexibility index (Phi) is 6.33. The molecule has 1 heterocycles. The maximum Gasteiger partial charge on any atom is 0.303 e. The third-order valence-corrected chi connectivity index (χ3v) is 3.33. The van der Waals surface area contributed by atoms with Crippen LogP contribution in [-0.2, 0) is 22.6 Å². The van der Waals surface area contributed by atoms with E-state index in [1.54, 1.807) is 6.20 Å². The number of unbranched alkanes of at least 4 members (excludes halogenated alkanes) is 1. The minimum atomic E-state index is -0.783. The third-order valence-electron chi connectivity index (χ3n) is 3.33. The van der Waals surface area contributed by atoms with Gasteiger partial charge in [-0.1, -0.05) is 12.1 Å². The molecule has 1 aromatic heterocycles. The Labute approximate surface area is 124 Å². The number of aromatic nitrogens is 3. The van der Waals surface area contributed by atoms with Crippen LogP contribution in [-0.4, -0.2) is 37.5 Å². The smallest absolute Gasteiger partial charge is 0.303 e. The number of hydrogen-bond acceptors (Lipinski definition) is 4. The first-order valence-corrected chi connectivity index (χ1v) is 7.24. The van der Waals surface area contributed by atoms with Gasteiger partial charge in [0.25, 0.3) is 0 Å². The van der Waals surface area contributed by atoms with Crippen molar-refractivity contribution in [2.75, 3.05) is 0 Å². The number of rotatable bonds is 9. The number of hydrogen-bond donors (Lipinski definition) is 2. The highest BCUT2D eigenvalue weighted by Gasteiger charge is 2.18. The molecule has 1 aromatic rings. The van der Waals surface area contributed by atoms with Crippen LogP contribution in [0.1, 0.15) is 52.1 Å². The minimum Gasteiger partial charge on any atom is -0.481 e. The zero-order valence-corrected chi connectivity index (χ0v) is 12.9. The molecule has 7 nitrogen and oxygen atoms in total. The average Bonchev–Trinajstić information content (AvgIpc) is 2.81. The van der Waals surface area contributed by atoms with Gasteiger partial charge in [0.1, 0.15) is 6.54 Å². The van der Waals surface area contributed by atoms with E-state index in [2.05, 4.69) is 15.6 Å². The van der Waals surface area contributed by atoms with Crippen molar-refractivity contribution in [3.8, 4) is 0 Å². The lowest BCUT2D eigenvalue weighted by molar-refractivity contribution is -0.137. The van der Waals surface area contributed by atoms with Gasteiger partial charge in [-0.15, -0.1) is 5.10 Å². The van der Waals surface area contributed by atoms with E-state index in [1.807, 2.05) is 20.8 Å². The van der Waals surface area contributed by atoms with Crippen molar-refractivity contribution in [2.24, 2.45) is 0 Å². The van der Waals surface area contributed by atoms with E-state index in [0.717, 1.165) is 18.5 Å². The summed E-state index contributed by atoms with van der Waals surface area (Å²) < 4.78 is 1.51. The van der Waals surface area contributed by atoms with Crippen LogP contribution in [0, 0.1) is 0 Å². The minimum absolute atomic E-state index is 0.0934. The van der Waals surface area contributed by atoms with E-state index in [4.69, 9.17) is 5.11 Å². The number of aliphatic carboxylic acids is 1. The third kappa shape index (κ3) is 6.87. The highest BCUT2D eigenvalue weighted by Crippen LogP contribution is 2.07. The van der Waals surface area contributed by atoms with E-state index in [0.29, 0.717) is 12.8 Å². The molecule has 0 fully saturated rings. The Hall–Kier alpha value is -1.92. The summed E-state index contributed by atoms with van der Waals surface area (Å²) in [5.41, 5.74) is 0.556. The number of carboxylic acid groups (broad SMARTS) is 1. The molecule has 0 aliphatic heterocycles. The predicted octanol–water partition coefficient (Wildman–Crippen LogP) is 1.38. The number of aryl methyl sites for hydroxylation is 1. The van der Waals surface area contributed by atoms with Crippen LogP contribution < -0.4 is 5.32 Å². The first-order valence-electron chi connectivity index (χ1n) is 7.24. The Bertz CT molecular complexity index is 482. The Morgan fingerprint density at radius 1 is 1.38 bits per heavy atom. The largest absolute Gasteiger partial charge is 0.481 e. The molecule has 0 saturated carbocycles. The second-order valence-corrected chi connectivity index (χ2v) is 5.79. The van der Waals surface area contributed by atoms with Gasteiger partial charge < -0.3 is 10.4 Å². The van der Waals surface area contributed by atoms with E-state index in [1.165, 1.54) is 4.68 Å². The molecule has 0 bridgehead atoms. The average molecular weight is 296 g/mol. The van der Waals surface area contributed by atoms with Crippen LogP contribution in [0.3, 0.4) is 0 Å². The summed E-state index contributed by atoms with van der Waals surface area (Å²) in [5.74, 6) is -0.877. The molecule has 0 saturated heterocycles. The zero-order valence-electron chi connectivity index (χ0n) is 12.9. The fraction of sp³-hybridized carbons (Fsp3) is 0.714. The SMILES string of the molecule is CCC(C)(C)NC(=O)Cn1cc(CCCCC(=O)O)nn1. The maximum absolute atomic E-state index is 11.9. The molecule has 0 aromatic carbocycles. The highest BCUT2D eigenvalue weighted by molar-refractivity contribution is 5.76. The molecule has 1 rings (SSSR count). The lowest BCUT2D eigenvalue weighted by Gasteiger charge is -2.24. The van der Waals surface area contributed by atoms with Crippen molar-refractivity contribution in [2.45, 2.75) is 65.0 Å². The molecule has 118 valence electrons. The van der Waals surface area contributed by atoms with Crippen LogP contribution in [0.2, 0.25) is 0 Å². The maximum atomic E-state index is 11.9. The molecule has 7 heteroatoms. The summed E-state index contributed by atoms with van der Waals surface area (Å²) in [4.78, 5) is 22.3. The molecule has 2 N–H and O–H groups in total. The second kappa shape index (κ2) is 7.75. The number of nitrogens with one attached hydrogen (secondary N) is 1. The van der Waals surface area contributed by atoms with Crippen molar-refractivity contribution in [1.29, 1.82) is 0 Å². The highest BCUT2D eigenvalue weighted by atomic mass is 16.4. The molecule has 0 unspecified atom stereocenters. The molecule has 0 atom stereocenters. The predicted molar refractivity (Wildman–Crippen MR) is 77.7 cm³/mol. The molecule has 21 heavy (non-hydrogen) atoms. The van der Waals surface area contributed by atoms with Crippen molar-refractivity contribution in [1.82, 2.24) is 20.3 Å². The van der Waals surface area contributed by atoms with Crippen molar-refractivity contribution in [3.63, 3.8) is 0 Å². The fourth-order valence-electron chi connectivity index (χ4n) is 1.77. The van der Waals surface area contributed by atoms with Gasteiger partial charge in [0.05, 0.1) is 5.69 Å². The van der Waals surface area contributed by atoms with E-state index >= 15 is 0 Å². The molecule has 0 aliphatic rings. The van der Waals surface area contributed by atoms with Crippen LogP contribution in [0.5, 0.6) is 0 Å². The Morgan fingerprint density at radius 3 is 2.71 bits per heavy atom. The van der Waals surface area contributed by atoms with Crippen molar-refractivity contribution < 1.29 is 14.7 Å². The normalized spacial score (nSPS) is 11.4. The molecule has 0 radical (unpaired) electrons. The van der Waals surface area contributed by atoms with Crippen LogP contribution in [0.15, 0.2) is 6.20 Å². The summed E-state index contributed by atoms with van der Waals surface area (Å²) in [5, 5.41) is 19.4. The summed E-state index contributed by atoms with van der Waals surface area (Å²) in [6.45, 7) is 6.11. The van der Waals surface area contributed by atoms with Crippen LogP contribution in [0.4, 0.5) is 0 Å². The number of amides is 1. The van der Waals surface area contributed by atoms with Gasteiger partial charge >= 0.3 is 5.97 Å². The topological polar surface area (TPSA) is 97.1 Å². The first kappa shape index (κ1) is 17.1. The number of carboxylic acids is 1. The number of carbonyl (C=O) groups excluding carboxylic acids is 1. The van der Waals surface area contributed by atoms with Crippen molar-refractivity contribution >= 4 is 11.9 Å². The van der Waals surface area contributed by atoms with Gasteiger partial charge in [0, 0.05) is 18.2 Å². The Balaban J connectivity index is 2.37.